The summed E-state index contributed by atoms with van der Waals surface area (Å²) in [5.74, 6) is -1.87. The second-order valence-corrected chi connectivity index (χ2v) is 8.61. The number of nitrogens with one attached hydrogen (secondary N) is 1. The van der Waals surface area contributed by atoms with Gasteiger partial charge in [0.05, 0.1) is 30.0 Å². The molecule has 1 aromatic rings. The summed E-state index contributed by atoms with van der Waals surface area (Å²) < 4.78 is 45.8. The van der Waals surface area contributed by atoms with Gasteiger partial charge in [-0.25, -0.2) is 19.2 Å². The summed E-state index contributed by atoms with van der Waals surface area (Å²) in [6, 6.07) is 2.53. The van der Waals surface area contributed by atoms with Crippen molar-refractivity contribution in [2.24, 2.45) is 0 Å². The third-order valence-corrected chi connectivity index (χ3v) is 5.94. The third kappa shape index (κ3) is 9.48. The number of carbonyl (C=O) groups excluding carboxylic acids is 2. The van der Waals surface area contributed by atoms with Crippen LogP contribution < -0.4 is 5.32 Å². The summed E-state index contributed by atoms with van der Waals surface area (Å²) in [7, 11) is 0. The van der Waals surface area contributed by atoms with Crippen molar-refractivity contribution in [3.8, 4) is 0 Å². The lowest BCUT2D eigenvalue weighted by Crippen LogP contribution is -2.50. The number of ether oxygens (including phenoxy) is 1. The van der Waals surface area contributed by atoms with Gasteiger partial charge in [0.1, 0.15) is 0 Å². The van der Waals surface area contributed by atoms with Crippen LogP contribution in [0.25, 0.3) is 0 Å². The van der Waals surface area contributed by atoms with Crippen LogP contribution in [0.4, 0.5) is 33.2 Å². The van der Waals surface area contributed by atoms with Crippen molar-refractivity contribution >= 4 is 35.8 Å². The lowest BCUT2D eigenvalue weighted by atomic mass is 10.1. The molecule has 0 aromatic heterocycles. The van der Waals surface area contributed by atoms with E-state index in [1.807, 2.05) is 0 Å². The zero-order valence-electron chi connectivity index (χ0n) is 21.5. The van der Waals surface area contributed by atoms with Gasteiger partial charge in [-0.3, -0.25) is 9.69 Å². The van der Waals surface area contributed by atoms with Gasteiger partial charge < -0.3 is 40.1 Å². The van der Waals surface area contributed by atoms with E-state index < -0.39 is 54.1 Å². The molecule has 0 radical (unpaired) electrons. The molecule has 4 amide bonds. The van der Waals surface area contributed by atoms with Crippen molar-refractivity contribution in [3.05, 3.63) is 29.3 Å². The smallest absolute Gasteiger partial charge is 0.418 e. The average Bonchev–Trinajstić information content (AvgIpc) is 2.84. The highest BCUT2D eigenvalue weighted by atomic mass is 19.4. The number of benzene rings is 1. The van der Waals surface area contributed by atoms with Crippen LogP contribution in [0.5, 0.6) is 0 Å². The van der Waals surface area contributed by atoms with Crippen LogP contribution in [-0.2, 0) is 15.7 Å². The lowest BCUT2D eigenvalue weighted by molar-refractivity contribution is -0.137. The highest BCUT2D eigenvalue weighted by Crippen LogP contribution is 2.35. The number of nitrogens with zero attached hydrogens (tertiary/aromatic N) is 4. The van der Waals surface area contributed by atoms with Crippen LogP contribution in [0.1, 0.15) is 22.8 Å². The van der Waals surface area contributed by atoms with Crippen LogP contribution in [-0.4, -0.2) is 131 Å². The van der Waals surface area contributed by atoms with Crippen LogP contribution in [0, 0.1) is 0 Å². The number of halogens is 3. The van der Waals surface area contributed by atoms with E-state index in [0.717, 1.165) is 26.8 Å². The topological polar surface area (TPSA) is 180 Å². The average molecular weight is 578 g/mol. The third-order valence-electron chi connectivity index (χ3n) is 5.94. The first-order valence-electron chi connectivity index (χ1n) is 12.1. The predicted octanol–water partition coefficient (Wildman–Crippen LogP) is 2.08. The minimum absolute atomic E-state index is 0.0507. The van der Waals surface area contributed by atoms with E-state index in [4.69, 9.17) is 4.74 Å². The largest absolute Gasteiger partial charge is 0.465 e. The summed E-state index contributed by atoms with van der Waals surface area (Å²) in [5.41, 5.74) is -2.26. The molecule has 0 atom stereocenters. The monoisotopic (exact) mass is 577 g/mol. The van der Waals surface area contributed by atoms with Crippen LogP contribution in [0.3, 0.4) is 0 Å². The summed E-state index contributed by atoms with van der Waals surface area (Å²) in [6.07, 6.45) is -8.97. The van der Waals surface area contributed by atoms with E-state index in [2.05, 4.69) is 5.32 Å². The molecule has 1 heterocycles. The molecule has 14 nitrogen and oxygen atoms in total. The molecule has 0 unspecified atom stereocenters. The Kier molecular flexibility index (Phi) is 11.3. The first-order valence-corrected chi connectivity index (χ1v) is 12.1. The molecule has 0 bridgehead atoms. The van der Waals surface area contributed by atoms with Crippen molar-refractivity contribution in [2.75, 3.05) is 70.8 Å². The highest BCUT2D eigenvalue weighted by molar-refractivity contribution is 5.95. The molecule has 222 valence electrons. The van der Waals surface area contributed by atoms with Crippen molar-refractivity contribution < 1.29 is 57.2 Å². The van der Waals surface area contributed by atoms with Gasteiger partial charge >= 0.3 is 30.4 Å². The quantitative estimate of drug-likeness (QED) is 0.379. The molecular weight excluding hydrogens is 547 g/mol. The zero-order valence-corrected chi connectivity index (χ0v) is 21.5. The van der Waals surface area contributed by atoms with Gasteiger partial charge in [0, 0.05) is 52.4 Å². The summed E-state index contributed by atoms with van der Waals surface area (Å²) in [4.78, 5) is 63.5. The van der Waals surface area contributed by atoms with Gasteiger partial charge in [-0.15, -0.1) is 0 Å². The second kappa shape index (κ2) is 14.2. The van der Waals surface area contributed by atoms with Crippen LogP contribution in [0.15, 0.2) is 18.2 Å². The standard InChI is InChI=1S/C23H30F3N5O9/c1-2-40-19(33)15-3-4-17(16(13-15)23(24,25)26)27-18(32)14-28-5-7-29(20(34)35)9-11-31(22(38)39)12-10-30(8-6-28)21(36)37/h3-4,13H,2,5-12,14H2,1H3,(H,27,32)(H,34,35)(H,36,37)(H,38,39). The van der Waals surface area contributed by atoms with Gasteiger partial charge in [0.25, 0.3) is 0 Å². The number of esters is 1. The van der Waals surface area contributed by atoms with Gasteiger partial charge in [-0.05, 0) is 25.1 Å². The molecule has 2 rings (SSSR count). The Morgan fingerprint density at radius 1 is 0.825 bits per heavy atom. The Morgan fingerprint density at radius 3 is 1.68 bits per heavy atom. The molecule has 1 aliphatic heterocycles. The number of anilines is 1. The molecule has 0 saturated carbocycles. The highest BCUT2D eigenvalue weighted by Gasteiger charge is 2.35. The molecular formula is C23H30F3N5O9. The molecule has 0 aliphatic carbocycles. The van der Waals surface area contributed by atoms with E-state index in [1.54, 1.807) is 0 Å². The summed E-state index contributed by atoms with van der Waals surface area (Å²) >= 11 is 0. The van der Waals surface area contributed by atoms with Gasteiger partial charge in [-0.2, -0.15) is 13.2 Å². The minimum Gasteiger partial charge on any atom is -0.465 e. The van der Waals surface area contributed by atoms with Crippen LogP contribution in [0.2, 0.25) is 0 Å². The van der Waals surface area contributed by atoms with Crippen LogP contribution >= 0.6 is 0 Å². The van der Waals surface area contributed by atoms with E-state index in [0.29, 0.717) is 6.07 Å². The van der Waals surface area contributed by atoms with E-state index >= 15 is 0 Å². The summed E-state index contributed by atoms with van der Waals surface area (Å²) in [5, 5.41) is 30.5. The minimum atomic E-state index is -4.92. The summed E-state index contributed by atoms with van der Waals surface area (Å²) in [6.45, 7) is -0.560. The van der Waals surface area contributed by atoms with Gasteiger partial charge in [0.2, 0.25) is 5.91 Å². The Morgan fingerprint density at radius 2 is 1.27 bits per heavy atom. The number of hydrogen-bond donors (Lipinski definition) is 4. The first kappa shape index (κ1) is 31.9. The molecule has 1 fully saturated rings. The number of alkyl halides is 3. The molecule has 1 aromatic carbocycles. The van der Waals surface area contributed by atoms with Gasteiger partial charge in [0.15, 0.2) is 0 Å². The maximum Gasteiger partial charge on any atom is 0.418 e. The van der Waals surface area contributed by atoms with E-state index in [9.17, 15) is 52.5 Å². The number of rotatable bonds is 5. The Labute approximate surface area is 226 Å². The van der Waals surface area contributed by atoms with Crippen molar-refractivity contribution in [1.29, 1.82) is 0 Å². The Bertz CT molecular complexity index is 1070. The Balaban J connectivity index is 2.23. The first-order chi connectivity index (χ1) is 18.7. The predicted molar refractivity (Wildman–Crippen MR) is 131 cm³/mol. The zero-order chi connectivity index (χ0) is 30.0. The molecule has 1 aliphatic rings. The maximum atomic E-state index is 13.7. The second-order valence-electron chi connectivity index (χ2n) is 8.61. The van der Waals surface area contributed by atoms with E-state index in [1.165, 1.54) is 11.8 Å². The van der Waals surface area contributed by atoms with Crippen molar-refractivity contribution in [2.45, 2.75) is 13.1 Å². The number of carboxylic acid groups (broad SMARTS) is 3. The molecule has 40 heavy (non-hydrogen) atoms. The molecule has 4 N–H and O–H groups in total. The SMILES string of the molecule is CCOC(=O)c1ccc(NC(=O)CN2CCN(C(=O)O)CCN(C(=O)O)CCN(C(=O)O)CC2)c(C(F)(F)F)c1. The van der Waals surface area contributed by atoms with E-state index in [-0.39, 0.29) is 64.5 Å². The lowest BCUT2D eigenvalue weighted by Gasteiger charge is -2.31. The Hall–Kier alpha value is -4.28. The molecule has 0 spiro atoms. The number of amides is 4. The molecule has 1 saturated heterocycles. The number of carbonyl (C=O) groups is 5. The van der Waals surface area contributed by atoms with Crippen molar-refractivity contribution in [1.82, 2.24) is 19.6 Å². The fourth-order valence-corrected chi connectivity index (χ4v) is 3.81. The van der Waals surface area contributed by atoms with Crippen molar-refractivity contribution in [3.63, 3.8) is 0 Å². The van der Waals surface area contributed by atoms with Gasteiger partial charge in [-0.1, -0.05) is 0 Å². The fourth-order valence-electron chi connectivity index (χ4n) is 3.81. The fraction of sp³-hybridized carbons (Fsp3) is 0.522. The molecule has 17 heteroatoms. The number of hydrogen-bond acceptors (Lipinski definition) is 7. The normalized spacial score (nSPS) is 15.9. The maximum absolute atomic E-state index is 13.7.